The Bertz CT molecular complexity index is 1990. The van der Waals surface area contributed by atoms with Gasteiger partial charge in [0.15, 0.2) is 0 Å². The third-order valence-electron chi connectivity index (χ3n) is 7.94. The minimum absolute atomic E-state index is 1.03. The van der Waals surface area contributed by atoms with Crippen molar-refractivity contribution in [1.29, 1.82) is 0 Å². The first kappa shape index (κ1) is 21.6. The van der Waals surface area contributed by atoms with Crippen LogP contribution < -0.4 is 0 Å². The molecule has 1 aromatic heterocycles. The Labute approximate surface area is 226 Å². The molecular weight excluding hydrogens is 476 g/mol. The first-order valence-electron chi connectivity index (χ1n) is 13.2. The normalized spacial score (nSPS) is 12.1. The monoisotopic (exact) mass is 500 g/mol. The van der Waals surface area contributed by atoms with Crippen molar-refractivity contribution in [3.63, 3.8) is 0 Å². The third kappa shape index (κ3) is 3.29. The van der Waals surface area contributed by atoms with E-state index in [1.54, 1.807) is 0 Å². The van der Waals surface area contributed by atoms with E-state index < -0.39 is 0 Å². The highest BCUT2D eigenvalue weighted by Crippen LogP contribution is 2.46. The van der Waals surface area contributed by atoms with Crippen LogP contribution in [0.3, 0.4) is 0 Å². The van der Waals surface area contributed by atoms with Crippen molar-refractivity contribution in [2.45, 2.75) is 6.42 Å². The predicted octanol–water partition coefficient (Wildman–Crippen LogP) is 10.6. The molecule has 1 heterocycles. The van der Waals surface area contributed by atoms with Gasteiger partial charge in [-0.25, -0.2) is 0 Å². The van der Waals surface area contributed by atoms with Gasteiger partial charge < -0.3 is 0 Å². The fraction of sp³-hybridized carbons (Fsp3) is 0.0270. The molecule has 0 aliphatic heterocycles. The second-order valence-corrected chi connectivity index (χ2v) is 11.1. The minimum atomic E-state index is 1.03. The summed E-state index contributed by atoms with van der Waals surface area (Å²) in [7, 11) is 0. The summed E-state index contributed by atoms with van der Waals surface area (Å²) in [5.74, 6) is 0. The molecule has 0 saturated heterocycles. The molecule has 1 aliphatic carbocycles. The summed E-state index contributed by atoms with van der Waals surface area (Å²) in [6.07, 6.45) is 1.03. The van der Waals surface area contributed by atoms with Gasteiger partial charge >= 0.3 is 0 Å². The zero-order valence-corrected chi connectivity index (χ0v) is 21.6. The molecule has 6 aromatic carbocycles. The van der Waals surface area contributed by atoms with Crippen LogP contribution in [-0.2, 0) is 6.42 Å². The van der Waals surface area contributed by atoms with Crippen molar-refractivity contribution >= 4 is 31.5 Å². The topological polar surface area (TPSA) is 0 Å². The summed E-state index contributed by atoms with van der Waals surface area (Å²) in [6, 6.07) is 49.0. The van der Waals surface area contributed by atoms with Gasteiger partial charge in [-0.3, -0.25) is 0 Å². The van der Waals surface area contributed by atoms with Crippen molar-refractivity contribution < 1.29 is 0 Å². The molecular formula is C37H24S. The number of rotatable bonds is 3. The molecule has 0 N–H and O–H groups in total. The van der Waals surface area contributed by atoms with E-state index in [1.165, 1.54) is 75.8 Å². The maximum Gasteiger partial charge on any atom is 0.0434 e. The first-order valence-corrected chi connectivity index (χ1v) is 14.0. The van der Waals surface area contributed by atoms with E-state index in [1.807, 2.05) is 11.3 Å². The van der Waals surface area contributed by atoms with Gasteiger partial charge in [-0.15, -0.1) is 11.3 Å². The Kier molecular flexibility index (Phi) is 4.86. The van der Waals surface area contributed by atoms with E-state index in [-0.39, 0.29) is 0 Å². The lowest BCUT2D eigenvalue weighted by atomic mass is 9.93. The lowest BCUT2D eigenvalue weighted by molar-refractivity contribution is 1.26. The zero-order valence-electron chi connectivity index (χ0n) is 20.8. The summed E-state index contributed by atoms with van der Waals surface area (Å²) in [4.78, 5) is 0. The van der Waals surface area contributed by atoms with Gasteiger partial charge in [-0.1, -0.05) is 127 Å². The van der Waals surface area contributed by atoms with E-state index in [9.17, 15) is 0 Å². The van der Waals surface area contributed by atoms with Crippen molar-refractivity contribution in [1.82, 2.24) is 0 Å². The van der Waals surface area contributed by atoms with Crippen LogP contribution in [0.4, 0.5) is 0 Å². The van der Waals surface area contributed by atoms with Crippen molar-refractivity contribution in [2.75, 3.05) is 0 Å². The van der Waals surface area contributed by atoms with Crippen molar-refractivity contribution in [3.05, 3.63) is 145 Å². The lowest BCUT2D eigenvalue weighted by Gasteiger charge is -2.11. The minimum Gasteiger partial charge on any atom is -0.134 e. The highest BCUT2D eigenvalue weighted by atomic mass is 32.1. The lowest BCUT2D eigenvalue weighted by Crippen LogP contribution is -1.85. The van der Waals surface area contributed by atoms with E-state index in [0.717, 1.165) is 6.42 Å². The zero-order chi connectivity index (χ0) is 25.1. The molecule has 1 heteroatoms. The highest BCUT2D eigenvalue weighted by molar-refractivity contribution is 7.26. The second-order valence-electron chi connectivity index (χ2n) is 10.1. The molecule has 0 fully saturated rings. The number of benzene rings is 6. The Hall–Kier alpha value is -4.46. The summed E-state index contributed by atoms with van der Waals surface area (Å²) in [6.45, 7) is 0. The molecule has 1 aliphatic rings. The first-order chi connectivity index (χ1) is 18.8. The Morgan fingerprint density at radius 2 is 0.974 bits per heavy atom. The fourth-order valence-corrected chi connectivity index (χ4v) is 7.50. The van der Waals surface area contributed by atoms with Crippen molar-refractivity contribution in [2.24, 2.45) is 0 Å². The van der Waals surface area contributed by atoms with Crippen LogP contribution in [-0.4, -0.2) is 0 Å². The maximum atomic E-state index is 2.41. The van der Waals surface area contributed by atoms with Gasteiger partial charge in [0.05, 0.1) is 0 Å². The van der Waals surface area contributed by atoms with Gasteiger partial charge in [0.1, 0.15) is 0 Å². The summed E-state index contributed by atoms with van der Waals surface area (Å²) >= 11 is 1.93. The maximum absolute atomic E-state index is 2.41. The molecule has 0 spiro atoms. The standard InChI is InChI=1S/C37H24S/c1-2-10-24(11-3-1)28-13-6-7-15-31(28)32-17-9-19-34-33-18-8-16-30(36(33)38-37(32)34)27-21-20-26-22-25-12-4-5-14-29(25)35(26)23-27/h1-21,23H,22H2. The quantitative estimate of drug-likeness (QED) is 0.226. The van der Waals surface area contributed by atoms with Crippen LogP contribution in [0.2, 0.25) is 0 Å². The molecule has 178 valence electrons. The number of hydrogen-bond acceptors (Lipinski definition) is 1. The SMILES string of the molecule is c1ccc(-c2ccccc2-c2cccc3c2sc2c(-c4ccc5c(c4)-c4ccccc4C5)cccc23)cc1. The number of hydrogen-bond donors (Lipinski definition) is 0. The van der Waals surface area contributed by atoms with Crippen LogP contribution >= 0.6 is 11.3 Å². The van der Waals surface area contributed by atoms with Crippen LogP contribution in [0.25, 0.3) is 64.7 Å². The summed E-state index contributed by atoms with van der Waals surface area (Å²) in [5, 5.41) is 2.67. The van der Waals surface area contributed by atoms with Gasteiger partial charge in [0, 0.05) is 25.7 Å². The molecule has 7 aromatic rings. The molecule has 0 radical (unpaired) electrons. The smallest absolute Gasteiger partial charge is 0.0434 e. The Morgan fingerprint density at radius 3 is 1.79 bits per heavy atom. The molecule has 0 nitrogen and oxygen atoms in total. The molecule has 38 heavy (non-hydrogen) atoms. The summed E-state index contributed by atoms with van der Waals surface area (Å²) in [5.41, 5.74) is 13.3. The molecule has 0 unspecified atom stereocenters. The summed E-state index contributed by atoms with van der Waals surface area (Å²) < 4.78 is 2.71. The fourth-order valence-electron chi connectivity index (χ4n) is 6.14. The molecule has 8 rings (SSSR count). The van der Waals surface area contributed by atoms with Crippen molar-refractivity contribution in [3.8, 4) is 44.5 Å². The molecule has 0 amide bonds. The third-order valence-corrected chi connectivity index (χ3v) is 9.22. The predicted molar refractivity (Wildman–Crippen MR) is 164 cm³/mol. The van der Waals surface area contributed by atoms with E-state index in [2.05, 4.69) is 133 Å². The highest BCUT2D eigenvalue weighted by Gasteiger charge is 2.20. The second kappa shape index (κ2) is 8.55. The number of fused-ring (bicyclic) bond motifs is 6. The van der Waals surface area contributed by atoms with E-state index in [0.29, 0.717) is 0 Å². The largest absolute Gasteiger partial charge is 0.134 e. The van der Waals surface area contributed by atoms with Gasteiger partial charge in [0.2, 0.25) is 0 Å². The van der Waals surface area contributed by atoms with Crippen LogP contribution in [0.1, 0.15) is 11.1 Å². The van der Waals surface area contributed by atoms with Gasteiger partial charge in [0.25, 0.3) is 0 Å². The molecule has 0 atom stereocenters. The van der Waals surface area contributed by atoms with Gasteiger partial charge in [-0.2, -0.15) is 0 Å². The van der Waals surface area contributed by atoms with Gasteiger partial charge in [-0.05, 0) is 62.6 Å². The van der Waals surface area contributed by atoms with Crippen LogP contribution in [0, 0.1) is 0 Å². The van der Waals surface area contributed by atoms with E-state index >= 15 is 0 Å². The Balaban J connectivity index is 1.34. The number of thiophene rings is 1. The average molecular weight is 501 g/mol. The van der Waals surface area contributed by atoms with Crippen LogP contribution in [0.5, 0.6) is 0 Å². The van der Waals surface area contributed by atoms with Crippen LogP contribution in [0.15, 0.2) is 133 Å². The Morgan fingerprint density at radius 1 is 0.368 bits per heavy atom. The molecule has 0 saturated carbocycles. The molecule has 0 bridgehead atoms. The average Bonchev–Trinajstić information content (AvgIpc) is 3.56. The van der Waals surface area contributed by atoms with E-state index in [4.69, 9.17) is 0 Å².